The van der Waals surface area contributed by atoms with Gasteiger partial charge < -0.3 is 16.0 Å². The number of amides is 1. The molecule has 66 valence electrons. The maximum absolute atomic E-state index is 9.90. The first-order valence-corrected chi connectivity index (χ1v) is 3.19. The number of rotatable bonds is 1. The summed E-state index contributed by atoms with van der Waals surface area (Å²) in [5.74, 6) is 0.355. The van der Waals surface area contributed by atoms with Crippen LogP contribution in [-0.2, 0) is 4.79 Å². The van der Waals surface area contributed by atoms with Crippen LogP contribution >= 0.6 is 0 Å². The Balaban J connectivity index is 0. The van der Waals surface area contributed by atoms with Crippen LogP contribution in [0.4, 0.5) is 0 Å². The van der Waals surface area contributed by atoms with E-state index in [-0.39, 0.29) is 0 Å². The van der Waals surface area contributed by atoms with E-state index in [0.29, 0.717) is 0 Å². The summed E-state index contributed by atoms with van der Waals surface area (Å²) in [7, 11) is 6.25. The molecule has 0 aromatic carbocycles. The van der Waals surface area contributed by atoms with Crippen molar-refractivity contribution in [2.24, 2.45) is 5.73 Å². The zero-order chi connectivity index (χ0) is 10.1. The fraction of sp³-hybridized carbons (Fsp3) is 0.429. The van der Waals surface area contributed by atoms with E-state index in [4.69, 9.17) is 10.7 Å². The van der Waals surface area contributed by atoms with Gasteiger partial charge in [0.15, 0.2) is 0 Å². The van der Waals surface area contributed by atoms with Gasteiger partial charge in [0.25, 0.3) is 5.91 Å². The zero-order valence-corrected chi connectivity index (χ0v) is 7.38. The average Bonchev–Trinajstić information content (AvgIpc) is 1.87. The fourth-order valence-corrected chi connectivity index (χ4v) is 0.135. The van der Waals surface area contributed by atoms with E-state index < -0.39 is 11.5 Å². The predicted molar refractivity (Wildman–Crippen MR) is 45.4 cm³/mol. The Morgan fingerprint density at radius 3 is 1.83 bits per heavy atom. The molecule has 5 nitrogen and oxygen atoms in total. The highest BCUT2D eigenvalue weighted by Crippen LogP contribution is 1.78. The number of nitrogens with one attached hydrogen (secondary N) is 1. The minimum atomic E-state index is -0.977. The molecule has 0 unspecified atom stereocenters. The van der Waals surface area contributed by atoms with E-state index in [1.807, 2.05) is 0 Å². The number of nitriles is 1. The van der Waals surface area contributed by atoms with Gasteiger partial charge in [0.05, 0.1) is 21.1 Å². The van der Waals surface area contributed by atoms with E-state index in [9.17, 15) is 4.79 Å². The van der Waals surface area contributed by atoms with Crippen LogP contribution in [0.2, 0.25) is 0 Å². The molecule has 0 atom stereocenters. The van der Waals surface area contributed by atoms with Gasteiger partial charge in [-0.3, -0.25) is 4.79 Å². The summed E-state index contributed by atoms with van der Waals surface area (Å²) in [4.78, 5) is 11.3. The predicted octanol–water partition coefficient (Wildman–Crippen LogP) is -2.08. The van der Waals surface area contributed by atoms with Gasteiger partial charge in [0.2, 0.25) is 0 Å². The summed E-state index contributed by atoms with van der Waals surface area (Å²) in [5, 5.41) is 15.8. The molecule has 12 heavy (non-hydrogen) atoms. The van der Waals surface area contributed by atoms with E-state index >= 15 is 0 Å². The second-order valence-electron chi connectivity index (χ2n) is 2.46. The molecule has 0 bridgehead atoms. The summed E-state index contributed by atoms with van der Waals surface area (Å²) < 4.78 is 0. The maximum Gasteiger partial charge on any atom is 0.265 e. The van der Waals surface area contributed by atoms with Crippen LogP contribution in [0.3, 0.4) is 0 Å². The lowest BCUT2D eigenvalue weighted by Crippen LogP contribution is -3.02. The van der Waals surface area contributed by atoms with Gasteiger partial charge in [-0.05, 0) is 0 Å². The van der Waals surface area contributed by atoms with Crippen molar-refractivity contribution in [2.45, 2.75) is 0 Å². The molecule has 0 heterocycles. The van der Waals surface area contributed by atoms with Crippen LogP contribution in [0.5, 0.6) is 0 Å². The molecule has 5 heteroatoms. The molecule has 0 aromatic rings. The minimum Gasteiger partial charge on any atom is -0.762 e. The lowest BCUT2D eigenvalue weighted by molar-refractivity contribution is -0.836. The van der Waals surface area contributed by atoms with Crippen molar-refractivity contribution < 1.29 is 9.69 Å². The SMILES string of the molecule is C[NH+](C)C.N#CC(=C=[N-])C(N)=O. The van der Waals surface area contributed by atoms with Crippen LogP contribution in [0, 0.1) is 11.3 Å². The lowest BCUT2D eigenvalue weighted by atomic mass is 10.3. The first-order chi connectivity index (χ1) is 5.45. The van der Waals surface area contributed by atoms with E-state index in [1.165, 1.54) is 16.8 Å². The Morgan fingerprint density at radius 2 is 1.83 bits per heavy atom. The Hall–Kier alpha value is -1.63. The number of primary amides is 1. The largest absolute Gasteiger partial charge is 0.762 e. The quantitative estimate of drug-likeness (QED) is 0.267. The highest BCUT2D eigenvalue weighted by atomic mass is 16.1. The average molecular weight is 168 g/mol. The topological polar surface area (TPSA) is 93.6 Å². The molecule has 0 saturated heterocycles. The molecule has 0 rings (SSSR count). The number of carbonyl (C=O) groups is 1. The van der Waals surface area contributed by atoms with Crippen molar-refractivity contribution in [1.82, 2.24) is 0 Å². The first kappa shape index (κ1) is 13.0. The fourth-order valence-electron chi connectivity index (χ4n) is 0.135. The Kier molecular flexibility index (Phi) is 8.10. The monoisotopic (exact) mass is 168 g/mol. The molecular formula is C7H12N4O. The molecule has 0 radical (unpaired) electrons. The van der Waals surface area contributed by atoms with Crippen molar-refractivity contribution >= 4 is 11.8 Å². The van der Waals surface area contributed by atoms with E-state index in [2.05, 4.69) is 26.9 Å². The van der Waals surface area contributed by atoms with Crippen molar-refractivity contribution in [1.29, 1.82) is 5.26 Å². The second-order valence-corrected chi connectivity index (χ2v) is 2.46. The molecule has 0 aromatic heterocycles. The molecule has 0 saturated carbocycles. The standard InChI is InChI=1S/C4H2N3O.C3H9N/c5-1-3(2-6)4(7)8;1-4(2)3/h(H2,7,8);1-3H3/q-1;/p+1. The molecule has 0 aliphatic rings. The molecule has 0 spiro atoms. The third kappa shape index (κ3) is 11.2. The number of nitrogens with two attached hydrogens (primary N) is 1. The summed E-state index contributed by atoms with van der Waals surface area (Å²) >= 11 is 0. The first-order valence-electron chi connectivity index (χ1n) is 3.19. The Morgan fingerprint density at radius 1 is 1.50 bits per heavy atom. The molecule has 3 N–H and O–H groups in total. The smallest absolute Gasteiger partial charge is 0.265 e. The van der Waals surface area contributed by atoms with Gasteiger partial charge in [-0.1, -0.05) is 0 Å². The van der Waals surface area contributed by atoms with E-state index in [1.54, 1.807) is 0 Å². The van der Waals surface area contributed by atoms with Crippen molar-refractivity contribution in [2.75, 3.05) is 21.1 Å². The number of carbonyl (C=O) groups excluding carboxylic acids is 1. The zero-order valence-electron chi connectivity index (χ0n) is 7.38. The number of quaternary nitrogens is 1. The number of nitrogens with zero attached hydrogens (tertiary/aromatic N) is 2. The van der Waals surface area contributed by atoms with Crippen LogP contribution in [0.15, 0.2) is 5.57 Å². The van der Waals surface area contributed by atoms with Gasteiger partial charge in [0.1, 0.15) is 11.6 Å². The normalized spacial score (nSPS) is 7.25. The Bertz CT molecular complexity index is 230. The minimum absolute atomic E-state index is 0.565. The van der Waals surface area contributed by atoms with Gasteiger partial charge in [-0.2, -0.15) is 5.26 Å². The molecule has 0 aliphatic heterocycles. The van der Waals surface area contributed by atoms with Gasteiger partial charge in [-0.15, -0.1) is 0 Å². The maximum atomic E-state index is 9.90. The van der Waals surface area contributed by atoms with Gasteiger partial charge in [0, 0.05) is 0 Å². The summed E-state index contributed by atoms with van der Waals surface area (Å²) in [6.45, 7) is 0. The van der Waals surface area contributed by atoms with Crippen molar-refractivity contribution in [3.63, 3.8) is 0 Å². The summed E-state index contributed by atoms with van der Waals surface area (Å²) in [6.07, 6.45) is 0. The second kappa shape index (κ2) is 7.48. The van der Waals surface area contributed by atoms with Gasteiger partial charge in [-0.25, -0.2) is 5.87 Å². The lowest BCUT2D eigenvalue weighted by Gasteiger charge is -1.88. The number of hydrogen-bond donors (Lipinski definition) is 2. The molecule has 0 fully saturated rings. The van der Waals surface area contributed by atoms with Crippen LogP contribution in [0.1, 0.15) is 0 Å². The molecule has 0 aliphatic carbocycles. The van der Waals surface area contributed by atoms with Crippen LogP contribution < -0.4 is 10.6 Å². The molecular weight excluding hydrogens is 156 g/mol. The van der Waals surface area contributed by atoms with Crippen LogP contribution in [0.25, 0.3) is 5.41 Å². The number of hydrogen-bond acceptors (Lipinski definition) is 2. The highest BCUT2D eigenvalue weighted by Gasteiger charge is 1.95. The van der Waals surface area contributed by atoms with Crippen molar-refractivity contribution in [3.8, 4) is 6.07 Å². The Labute approximate surface area is 71.6 Å². The summed E-state index contributed by atoms with van der Waals surface area (Å²) in [6, 6.07) is 1.33. The van der Waals surface area contributed by atoms with Crippen molar-refractivity contribution in [3.05, 3.63) is 11.0 Å². The van der Waals surface area contributed by atoms with Crippen LogP contribution in [-0.4, -0.2) is 32.9 Å². The van der Waals surface area contributed by atoms with E-state index in [0.717, 1.165) is 0 Å². The highest BCUT2D eigenvalue weighted by molar-refractivity contribution is 6.04. The third-order valence-electron chi connectivity index (χ3n) is 0.470. The third-order valence-corrected chi connectivity index (χ3v) is 0.470. The van der Waals surface area contributed by atoms with Gasteiger partial charge >= 0.3 is 0 Å². The summed E-state index contributed by atoms with van der Waals surface area (Å²) in [5.41, 5.74) is 3.97. The molecule has 1 amide bonds.